The van der Waals surface area contributed by atoms with Gasteiger partial charge in [0.1, 0.15) is 11.5 Å². The highest BCUT2D eigenvalue weighted by atomic mass is 35.5. The quantitative estimate of drug-likeness (QED) is 0.406. The zero-order chi connectivity index (χ0) is 21.8. The van der Waals surface area contributed by atoms with E-state index in [9.17, 15) is 4.79 Å². The van der Waals surface area contributed by atoms with Crippen LogP contribution in [0.25, 0.3) is 11.4 Å². The second kappa shape index (κ2) is 9.90. The van der Waals surface area contributed by atoms with E-state index in [0.29, 0.717) is 40.0 Å². The first-order valence-electron chi connectivity index (χ1n) is 9.55. The Morgan fingerprint density at radius 1 is 1.23 bits per heavy atom. The van der Waals surface area contributed by atoms with Gasteiger partial charge in [-0.1, -0.05) is 48.8 Å². The summed E-state index contributed by atoms with van der Waals surface area (Å²) in [6.45, 7) is 7.25. The van der Waals surface area contributed by atoms with Gasteiger partial charge in [-0.05, 0) is 43.2 Å². The third kappa shape index (κ3) is 5.59. The molecule has 0 aliphatic carbocycles. The standard InChI is InChI=1S/C21H24Cl2N4O2S/c1-13(2)10-27-20(17-8-6-15(22)9-18(17)23)24-25-21(27)30-12-19(28)26(4)11-16-7-5-14(3)29-16/h5-9,13H,10-12H2,1-4H3. The van der Waals surface area contributed by atoms with E-state index >= 15 is 0 Å². The van der Waals surface area contributed by atoms with E-state index in [1.54, 1.807) is 24.1 Å². The molecule has 2 aromatic heterocycles. The third-order valence-corrected chi connectivity index (χ3v) is 5.88. The minimum absolute atomic E-state index is 0.0146. The van der Waals surface area contributed by atoms with E-state index < -0.39 is 0 Å². The normalized spacial score (nSPS) is 11.3. The van der Waals surface area contributed by atoms with Crippen LogP contribution in [-0.4, -0.2) is 38.4 Å². The van der Waals surface area contributed by atoms with Crippen LogP contribution in [0.5, 0.6) is 0 Å². The first kappa shape index (κ1) is 22.7. The molecule has 0 aliphatic heterocycles. The number of hydrogen-bond acceptors (Lipinski definition) is 5. The summed E-state index contributed by atoms with van der Waals surface area (Å²) in [6, 6.07) is 9.07. The van der Waals surface area contributed by atoms with Gasteiger partial charge in [0.15, 0.2) is 11.0 Å². The maximum absolute atomic E-state index is 12.6. The number of nitrogens with zero attached hydrogens (tertiary/aromatic N) is 4. The van der Waals surface area contributed by atoms with Gasteiger partial charge in [0.2, 0.25) is 5.91 Å². The van der Waals surface area contributed by atoms with Crippen LogP contribution in [0.2, 0.25) is 10.0 Å². The molecule has 0 N–H and O–H groups in total. The van der Waals surface area contributed by atoms with E-state index in [1.807, 2.05) is 29.7 Å². The molecule has 3 aromatic rings. The van der Waals surface area contributed by atoms with Gasteiger partial charge in [-0.15, -0.1) is 10.2 Å². The number of halogens is 2. The first-order chi connectivity index (χ1) is 14.2. The van der Waals surface area contributed by atoms with Crippen molar-refractivity contribution in [3.8, 4) is 11.4 Å². The predicted octanol–water partition coefficient (Wildman–Crippen LogP) is 5.56. The molecule has 0 spiro atoms. The molecule has 30 heavy (non-hydrogen) atoms. The smallest absolute Gasteiger partial charge is 0.233 e. The zero-order valence-corrected chi connectivity index (χ0v) is 19.7. The number of hydrogen-bond donors (Lipinski definition) is 0. The fraction of sp³-hybridized carbons (Fsp3) is 0.381. The van der Waals surface area contributed by atoms with Gasteiger partial charge >= 0.3 is 0 Å². The van der Waals surface area contributed by atoms with Gasteiger partial charge in [0.25, 0.3) is 0 Å². The minimum Gasteiger partial charge on any atom is -0.464 e. The lowest BCUT2D eigenvalue weighted by Crippen LogP contribution is -2.27. The summed E-state index contributed by atoms with van der Waals surface area (Å²) >= 11 is 13.8. The van der Waals surface area contributed by atoms with Crippen molar-refractivity contribution in [1.29, 1.82) is 0 Å². The SMILES string of the molecule is Cc1ccc(CN(C)C(=O)CSc2nnc(-c3ccc(Cl)cc3Cl)n2CC(C)C)o1. The van der Waals surface area contributed by atoms with Crippen LogP contribution in [0.4, 0.5) is 0 Å². The summed E-state index contributed by atoms with van der Waals surface area (Å²) < 4.78 is 7.56. The van der Waals surface area contributed by atoms with Crippen molar-refractivity contribution in [3.63, 3.8) is 0 Å². The van der Waals surface area contributed by atoms with Crippen molar-refractivity contribution in [2.75, 3.05) is 12.8 Å². The number of amides is 1. The van der Waals surface area contributed by atoms with Crippen LogP contribution in [0, 0.1) is 12.8 Å². The molecule has 0 atom stereocenters. The number of carbonyl (C=O) groups is 1. The summed E-state index contributed by atoms with van der Waals surface area (Å²) in [7, 11) is 1.76. The van der Waals surface area contributed by atoms with Crippen molar-refractivity contribution in [2.45, 2.75) is 39.0 Å². The topological polar surface area (TPSA) is 64.2 Å². The second-order valence-electron chi connectivity index (χ2n) is 7.49. The Labute approximate surface area is 190 Å². The van der Waals surface area contributed by atoms with Crippen LogP contribution in [0.3, 0.4) is 0 Å². The zero-order valence-electron chi connectivity index (χ0n) is 17.4. The van der Waals surface area contributed by atoms with Gasteiger partial charge in [-0.3, -0.25) is 4.79 Å². The number of benzene rings is 1. The molecule has 0 bridgehead atoms. The Hall–Kier alpha value is -1.96. The molecule has 0 aliphatic rings. The van der Waals surface area contributed by atoms with Crippen LogP contribution in [-0.2, 0) is 17.9 Å². The molecular weight excluding hydrogens is 443 g/mol. The average molecular weight is 467 g/mol. The first-order valence-corrected chi connectivity index (χ1v) is 11.3. The Balaban J connectivity index is 1.75. The van der Waals surface area contributed by atoms with Crippen LogP contribution < -0.4 is 0 Å². The number of furan rings is 1. The van der Waals surface area contributed by atoms with E-state index in [-0.39, 0.29) is 11.7 Å². The number of carbonyl (C=O) groups excluding carboxylic acids is 1. The fourth-order valence-electron chi connectivity index (χ4n) is 2.92. The van der Waals surface area contributed by atoms with E-state index in [1.165, 1.54) is 11.8 Å². The molecule has 2 heterocycles. The predicted molar refractivity (Wildman–Crippen MR) is 121 cm³/mol. The fourth-order valence-corrected chi connectivity index (χ4v) is 4.31. The summed E-state index contributed by atoms with van der Waals surface area (Å²) in [5.41, 5.74) is 0.762. The van der Waals surface area contributed by atoms with Crippen molar-refractivity contribution < 1.29 is 9.21 Å². The molecule has 1 aromatic carbocycles. The highest BCUT2D eigenvalue weighted by Crippen LogP contribution is 2.32. The highest BCUT2D eigenvalue weighted by Gasteiger charge is 2.20. The number of rotatable bonds is 8. The minimum atomic E-state index is -0.0146. The molecule has 0 saturated carbocycles. The second-order valence-corrected chi connectivity index (χ2v) is 9.27. The lowest BCUT2D eigenvalue weighted by molar-refractivity contribution is -0.127. The maximum Gasteiger partial charge on any atom is 0.233 e. The van der Waals surface area contributed by atoms with Gasteiger partial charge in [-0.2, -0.15) is 0 Å². The summed E-state index contributed by atoms with van der Waals surface area (Å²) in [6.07, 6.45) is 0. The molecule has 0 unspecified atom stereocenters. The molecule has 3 rings (SSSR count). The molecule has 6 nitrogen and oxygen atoms in total. The number of aromatic nitrogens is 3. The highest BCUT2D eigenvalue weighted by molar-refractivity contribution is 7.99. The monoisotopic (exact) mass is 466 g/mol. The van der Waals surface area contributed by atoms with E-state index in [4.69, 9.17) is 27.6 Å². The van der Waals surface area contributed by atoms with E-state index in [0.717, 1.165) is 17.1 Å². The Morgan fingerprint density at radius 3 is 2.63 bits per heavy atom. The van der Waals surface area contributed by atoms with E-state index in [2.05, 4.69) is 24.0 Å². The van der Waals surface area contributed by atoms with Gasteiger partial charge in [0, 0.05) is 24.2 Å². The molecule has 160 valence electrons. The Kier molecular flexibility index (Phi) is 7.50. The lowest BCUT2D eigenvalue weighted by Gasteiger charge is -2.16. The number of thioether (sulfide) groups is 1. The molecule has 0 radical (unpaired) electrons. The molecule has 9 heteroatoms. The molecule has 0 fully saturated rings. The summed E-state index contributed by atoms with van der Waals surface area (Å²) in [5, 5.41) is 10.4. The average Bonchev–Trinajstić information content (AvgIpc) is 3.25. The largest absolute Gasteiger partial charge is 0.464 e. The van der Waals surface area contributed by atoms with Crippen LogP contribution in [0.15, 0.2) is 39.9 Å². The summed E-state index contributed by atoms with van der Waals surface area (Å²) in [4.78, 5) is 14.2. The van der Waals surface area contributed by atoms with Crippen molar-refractivity contribution in [2.24, 2.45) is 5.92 Å². The van der Waals surface area contributed by atoms with Gasteiger partial charge in [-0.25, -0.2) is 0 Å². The molecule has 1 amide bonds. The molecule has 0 saturated heterocycles. The van der Waals surface area contributed by atoms with Crippen molar-refractivity contribution in [1.82, 2.24) is 19.7 Å². The van der Waals surface area contributed by atoms with Gasteiger partial charge in [0.05, 0.1) is 17.3 Å². The van der Waals surface area contributed by atoms with Crippen LogP contribution in [0.1, 0.15) is 25.4 Å². The van der Waals surface area contributed by atoms with Crippen molar-refractivity contribution >= 4 is 40.9 Å². The lowest BCUT2D eigenvalue weighted by atomic mass is 10.2. The Morgan fingerprint density at radius 2 is 2.00 bits per heavy atom. The van der Waals surface area contributed by atoms with Crippen LogP contribution >= 0.6 is 35.0 Å². The molecular formula is C21H24Cl2N4O2S. The Bertz CT molecular complexity index is 1030. The third-order valence-electron chi connectivity index (χ3n) is 4.38. The summed E-state index contributed by atoms with van der Waals surface area (Å²) in [5.74, 6) is 2.86. The number of aryl methyl sites for hydroxylation is 1. The van der Waals surface area contributed by atoms with Gasteiger partial charge < -0.3 is 13.9 Å². The maximum atomic E-state index is 12.6. The van der Waals surface area contributed by atoms with Crippen molar-refractivity contribution in [3.05, 3.63) is 51.9 Å².